The molecular formula is C9H9N3O. The molecule has 0 fully saturated rings. The summed E-state index contributed by atoms with van der Waals surface area (Å²) < 4.78 is 0. The van der Waals surface area contributed by atoms with Crippen LogP contribution in [0.5, 0.6) is 0 Å². The summed E-state index contributed by atoms with van der Waals surface area (Å²) in [6, 6.07) is 1.84. The molecule has 4 nitrogen and oxygen atoms in total. The summed E-state index contributed by atoms with van der Waals surface area (Å²) in [4.78, 5) is 7.58. The Morgan fingerprint density at radius 3 is 2.69 bits per heavy atom. The highest BCUT2D eigenvalue weighted by Crippen LogP contribution is 1.99. The average molecular weight is 175 g/mol. The summed E-state index contributed by atoms with van der Waals surface area (Å²) in [5, 5.41) is 16.9. The third kappa shape index (κ3) is 3.01. The van der Waals surface area contributed by atoms with Crippen molar-refractivity contribution in [2.75, 3.05) is 6.61 Å². The predicted molar refractivity (Wildman–Crippen MR) is 47.5 cm³/mol. The van der Waals surface area contributed by atoms with Crippen molar-refractivity contribution in [1.82, 2.24) is 9.97 Å². The number of aromatic nitrogens is 2. The molecular weight excluding hydrogens is 166 g/mol. The van der Waals surface area contributed by atoms with Crippen LogP contribution in [0.2, 0.25) is 0 Å². The molecule has 0 saturated carbocycles. The summed E-state index contributed by atoms with van der Waals surface area (Å²) in [6.45, 7) is 0.133. The monoisotopic (exact) mass is 175 g/mol. The molecule has 1 rings (SSSR count). The van der Waals surface area contributed by atoms with Crippen LogP contribution in [0.1, 0.15) is 17.8 Å². The fourth-order valence-electron chi connectivity index (χ4n) is 0.776. The first-order valence-corrected chi connectivity index (χ1v) is 3.86. The quantitative estimate of drug-likeness (QED) is 0.735. The van der Waals surface area contributed by atoms with Gasteiger partial charge in [-0.1, -0.05) is 12.2 Å². The molecule has 0 radical (unpaired) electrons. The fraction of sp³-hybridized carbons (Fsp3) is 0.222. The summed E-state index contributed by atoms with van der Waals surface area (Å²) in [6.07, 6.45) is 7.38. The molecule has 0 aromatic carbocycles. The molecule has 13 heavy (non-hydrogen) atoms. The van der Waals surface area contributed by atoms with Crippen molar-refractivity contribution in [3.05, 3.63) is 29.9 Å². The van der Waals surface area contributed by atoms with Crippen molar-refractivity contribution in [1.29, 1.82) is 5.26 Å². The number of rotatable bonds is 3. The van der Waals surface area contributed by atoms with E-state index in [1.54, 1.807) is 18.5 Å². The third-order valence-corrected chi connectivity index (χ3v) is 1.38. The lowest BCUT2D eigenvalue weighted by atomic mass is 10.3. The smallest absolute Gasteiger partial charge is 0.232 e. The molecule has 1 aromatic heterocycles. The minimum Gasteiger partial charge on any atom is -0.396 e. The van der Waals surface area contributed by atoms with Gasteiger partial charge in [-0.25, -0.2) is 9.97 Å². The maximum atomic E-state index is 8.50. The van der Waals surface area contributed by atoms with Crippen molar-refractivity contribution in [3.63, 3.8) is 0 Å². The second-order valence-electron chi connectivity index (χ2n) is 2.37. The van der Waals surface area contributed by atoms with E-state index >= 15 is 0 Å². The summed E-state index contributed by atoms with van der Waals surface area (Å²) in [5.74, 6) is 0.166. The molecule has 0 aliphatic heterocycles. The van der Waals surface area contributed by atoms with Gasteiger partial charge in [0.15, 0.2) is 0 Å². The largest absolute Gasteiger partial charge is 0.396 e. The van der Waals surface area contributed by atoms with Crippen LogP contribution >= 0.6 is 0 Å². The van der Waals surface area contributed by atoms with Gasteiger partial charge in [0.05, 0.1) is 0 Å². The summed E-state index contributed by atoms with van der Waals surface area (Å²) >= 11 is 0. The molecule has 0 aliphatic rings. The Kier molecular flexibility index (Phi) is 3.61. The van der Waals surface area contributed by atoms with E-state index in [1.807, 2.05) is 12.1 Å². The van der Waals surface area contributed by atoms with Gasteiger partial charge in [0.2, 0.25) is 5.82 Å². The standard InChI is InChI=1S/C9H9N3O/c10-5-9-11-6-8(7-12-9)3-1-2-4-13/h1,3,6-7,13H,2,4H2. The van der Waals surface area contributed by atoms with Crippen LogP contribution in [-0.4, -0.2) is 21.7 Å². The Balaban J connectivity index is 2.65. The van der Waals surface area contributed by atoms with Crippen molar-refractivity contribution in [2.45, 2.75) is 6.42 Å². The lowest BCUT2D eigenvalue weighted by Crippen LogP contribution is -1.87. The highest BCUT2D eigenvalue weighted by molar-refractivity contribution is 5.46. The predicted octanol–water partition coefficient (Wildman–Crippen LogP) is 0.744. The minimum absolute atomic E-state index is 0.133. The average Bonchev–Trinajstić information content (AvgIpc) is 2.19. The fourth-order valence-corrected chi connectivity index (χ4v) is 0.776. The molecule has 0 amide bonds. The molecule has 66 valence electrons. The van der Waals surface area contributed by atoms with Gasteiger partial charge in [-0.05, 0) is 6.42 Å². The summed E-state index contributed by atoms with van der Waals surface area (Å²) in [5.41, 5.74) is 0.826. The first-order valence-electron chi connectivity index (χ1n) is 3.86. The van der Waals surface area contributed by atoms with Crippen molar-refractivity contribution >= 4 is 6.08 Å². The number of aliphatic hydroxyl groups is 1. The lowest BCUT2D eigenvalue weighted by Gasteiger charge is -1.90. The van der Waals surface area contributed by atoms with E-state index in [-0.39, 0.29) is 12.4 Å². The van der Waals surface area contributed by atoms with Gasteiger partial charge in [-0.3, -0.25) is 0 Å². The Morgan fingerprint density at radius 1 is 1.46 bits per heavy atom. The number of nitriles is 1. The number of hydrogen-bond donors (Lipinski definition) is 1. The zero-order valence-corrected chi connectivity index (χ0v) is 7.01. The zero-order valence-electron chi connectivity index (χ0n) is 7.01. The van der Waals surface area contributed by atoms with Crippen LogP contribution in [0.3, 0.4) is 0 Å². The number of aliphatic hydroxyl groups excluding tert-OH is 1. The van der Waals surface area contributed by atoms with E-state index in [2.05, 4.69) is 9.97 Å². The molecule has 0 spiro atoms. The Labute approximate surface area is 76.2 Å². The van der Waals surface area contributed by atoms with Crippen molar-refractivity contribution in [2.24, 2.45) is 0 Å². The van der Waals surface area contributed by atoms with Crippen LogP contribution in [0, 0.1) is 11.3 Å². The SMILES string of the molecule is N#Cc1ncc(C=CCCO)cn1. The van der Waals surface area contributed by atoms with Gasteiger partial charge in [0, 0.05) is 24.6 Å². The van der Waals surface area contributed by atoms with Crippen LogP contribution < -0.4 is 0 Å². The van der Waals surface area contributed by atoms with Gasteiger partial charge >= 0.3 is 0 Å². The van der Waals surface area contributed by atoms with Crippen LogP contribution in [0.25, 0.3) is 6.08 Å². The molecule has 1 N–H and O–H groups in total. The highest BCUT2D eigenvalue weighted by atomic mass is 16.2. The van der Waals surface area contributed by atoms with E-state index < -0.39 is 0 Å². The van der Waals surface area contributed by atoms with Gasteiger partial charge < -0.3 is 5.11 Å². The van der Waals surface area contributed by atoms with Crippen molar-refractivity contribution in [3.8, 4) is 6.07 Å². The Morgan fingerprint density at radius 2 is 2.15 bits per heavy atom. The van der Waals surface area contributed by atoms with Gasteiger partial charge in [-0.15, -0.1) is 0 Å². The molecule has 1 aromatic rings. The molecule has 0 atom stereocenters. The Bertz CT molecular complexity index is 324. The highest BCUT2D eigenvalue weighted by Gasteiger charge is 1.91. The van der Waals surface area contributed by atoms with E-state index in [0.717, 1.165) is 5.56 Å². The topological polar surface area (TPSA) is 69.8 Å². The maximum absolute atomic E-state index is 8.50. The second-order valence-corrected chi connectivity index (χ2v) is 2.37. The van der Waals surface area contributed by atoms with Crippen LogP contribution in [0.15, 0.2) is 18.5 Å². The van der Waals surface area contributed by atoms with E-state index in [9.17, 15) is 0 Å². The minimum atomic E-state index is 0.133. The van der Waals surface area contributed by atoms with Gasteiger partial charge in [-0.2, -0.15) is 5.26 Å². The normalized spacial score (nSPS) is 10.2. The molecule has 0 unspecified atom stereocenters. The van der Waals surface area contributed by atoms with Crippen LogP contribution in [-0.2, 0) is 0 Å². The van der Waals surface area contributed by atoms with Crippen LogP contribution in [0.4, 0.5) is 0 Å². The maximum Gasteiger partial charge on any atom is 0.232 e. The molecule has 4 heteroatoms. The number of nitrogens with zero attached hydrogens (tertiary/aromatic N) is 3. The first kappa shape index (κ1) is 9.36. The molecule has 0 saturated heterocycles. The molecule has 0 bridgehead atoms. The van der Waals surface area contributed by atoms with E-state index in [0.29, 0.717) is 6.42 Å². The first-order chi connectivity index (χ1) is 6.36. The lowest BCUT2D eigenvalue weighted by molar-refractivity contribution is 0.303. The Hall–Kier alpha value is -1.73. The van der Waals surface area contributed by atoms with Crippen molar-refractivity contribution < 1.29 is 5.11 Å². The zero-order chi connectivity index (χ0) is 9.52. The van der Waals surface area contributed by atoms with Gasteiger partial charge in [0.25, 0.3) is 0 Å². The summed E-state index contributed by atoms with van der Waals surface area (Å²) in [7, 11) is 0. The second kappa shape index (κ2) is 5.01. The van der Waals surface area contributed by atoms with E-state index in [1.165, 1.54) is 0 Å². The number of hydrogen-bond acceptors (Lipinski definition) is 4. The van der Waals surface area contributed by atoms with Gasteiger partial charge in [0.1, 0.15) is 6.07 Å². The molecule has 1 heterocycles. The van der Waals surface area contributed by atoms with E-state index in [4.69, 9.17) is 10.4 Å². The third-order valence-electron chi connectivity index (χ3n) is 1.38. The molecule has 0 aliphatic carbocycles.